The zero-order valence-electron chi connectivity index (χ0n) is 17.6. The summed E-state index contributed by atoms with van der Waals surface area (Å²) in [5.41, 5.74) is 2.61. The molecule has 0 bridgehead atoms. The maximum absolute atomic E-state index is 12.0. The van der Waals surface area contributed by atoms with Crippen LogP contribution in [-0.2, 0) is 15.6 Å². The smallest absolute Gasteiger partial charge is 0.228 e. The molecule has 1 N–H and O–H groups in total. The van der Waals surface area contributed by atoms with Gasteiger partial charge in [0.1, 0.15) is 22.4 Å². The van der Waals surface area contributed by atoms with E-state index < -0.39 is 9.84 Å². The molecule has 0 saturated carbocycles. The lowest BCUT2D eigenvalue weighted by Gasteiger charge is -2.31. The van der Waals surface area contributed by atoms with Crippen LogP contribution in [0.1, 0.15) is 5.56 Å². The van der Waals surface area contributed by atoms with Gasteiger partial charge in [0.05, 0.1) is 11.5 Å². The lowest BCUT2D eigenvalue weighted by atomic mass is 10.2. The minimum atomic E-state index is -3.00. The van der Waals surface area contributed by atoms with Crippen molar-refractivity contribution in [3.8, 4) is 0 Å². The van der Waals surface area contributed by atoms with E-state index in [1.54, 1.807) is 18.1 Å². The highest BCUT2D eigenvalue weighted by atomic mass is 32.2. The van der Waals surface area contributed by atoms with Gasteiger partial charge in [0.15, 0.2) is 15.7 Å². The maximum atomic E-state index is 12.0. The van der Waals surface area contributed by atoms with Crippen molar-refractivity contribution in [1.29, 1.82) is 0 Å². The molecule has 11 heteroatoms. The SMILES string of the molecule is O=S1(=O)CCN(c2nc(N3CCNCC3)nc3c(SCc4ccccc4)ncnc23)CC1. The molecule has 3 aromatic rings. The molecule has 9 nitrogen and oxygen atoms in total. The molecular weight excluding hydrogens is 446 g/mol. The molecule has 168 valence electrons. The molecule has 32 heavy (non-hydrogen) atoms. The second kappa shape index (κ2) is 9.16. The Morgan fingerprint density at radius 2 is 1.66 bits per heavy atom. The molecule has 2 aromatic heterocycles. The summed E-state index contributed by atoms with van der Waals surface area (Å²) in [6, 6.07) is 10.3. The quantitative estimate of drug-likeness (QED) is 0.433. The number of anilines is 2. The Bertz CT molecular complexity index is 1190. The highest BCUT2D eigenvalue weighted by Crippen LogP contribution is 2.32. The molecule has 0 unspecified atom stereocenters. The third-order valence-electron chi connectivity index (χ3n) is 5.68. The Balaban J connectivity index is 1.55. The molecular formula is C21H25N7O2S2. The molecule has 5 rings (SSSR count). The van der Waals surface area contributed by atoms with Crippen LogP contribution in [-0.4, -0.2) is 79.1 Å². The van der Waals surface area contributed by atoms with Gasteiger partial charge in [0.2, 0.25) is 5.95 Å². The fraction of sp³-hybridized carbons (Fsp3) is 0.429. The fourth-order valence-electron chi connectivity index (χ4n) is 3.88. The minimum absolute atomic E-state index is 0.127. The molecule has 0 aliphatic carbocycles. The third kappa shape index (κ3) is 4.64. The van der Waals surface area contributed by atoms with Gasteiger partial charge in [-0.25, -0.2) is 23.4 Å². The number of thioether (sulfide) groups is 1. The van der Waals surface area contributed by atoms with Crippen LogP contribution in [0.2, 0.25) is 0 Å². The number of hydrogen-bond acceptors (Lipinski definition) is 10. The average molecular weight is 472 g/mol. The number of benzene rings is 1. The number of nitrogens with one attached hydrogen (secondary N) is 1. The molecule has 0 radical (unpaired) electrons. The van der Waals surface area contributed by atoms with E-state index in [1.165, 1.54) is 5.56 Å². The van der Waals surface area contributed by atoms with Crippen LogP contribution in [0, 0.1) is 0 Å². The first kappa shape index (κ1) is 21.4. The highest BCUT2D eigenvalue weighted by molar-refractivity contribution is 7.98. The molecule has 0 amide bonds. The predicted octanol–water partition coefficient (Wildman–Crippen LogP) is 1.36. The Morgan fingerprint density at radius 1 is 0.906 bits per heavy atom. The summed E-state index contributed by atoms with van der Waals surface area (Å²) in [6.45, 7) is 4.20. The minimum Gasteiger partial charge on any atom is -0.353 e. The van der Waals surface area contributed by atoms with Gasteiger partial charge in [-0.2, -0.15) is 4.98 Å². The second-order valence-corrected chi connectivity index (χ2v) is 11.1. The van der Waals surface area contributed by atoms with Crippen LogP contribution in [0.3, 0.4) is 0 Å². The van der Waals surface area contributed by atoms with Crippen LogP contribution in [0.25, 0.3) is 11.0 Å². The fourth-order valence-corrected chi connectivity index (χ4v) is 5.98. The zero-order valence-corrected chi connectivity index (χ0v) is 19.3. The van der Waals surface area contributed by atoms with Gasteiger partial charge in [-0.3, -0.25) is 0 Å². The van der Waals surface area contributed by atoms with Gasteiger partial charge >= 0.3 is 0 Å². The van der Waals surface area contributed by atoms with E-state index in [0.717, 1.165) is 42.5 Å². The number of hydrogen-bond donors (Lipinski definition) is 1. The standard InChI is InChI=1S/C21H25N7O2S2/c29-32(30)12-10-27(11-13-32)19-17-18(25-21(26-19)28-8-6-22-7-9-28)20(24-15-23-17)31-14-16-4-2-1-3-5-16/h1-5,15,22H,6-14H2. The van der Waals surface area contributed by atoms with E-state index in [-0.39, 0.29) is 11.5 Å². The highest BCUT2D eigenvalue weighted by Gasteiger charge is 2.27. The van der Waals surface area contributed by atoms with Gasteiger partial charge in [-0.1, -0.05) is 42.1 Å². The van der Waals surface area contributed by atoms with Crippen molar-refractivity contribution in [1.82, 2.24) is 25.3 Å². The van der Waals surface area contributed by atoms with Gasteiger partial charge < -0.3 is 15.1 Å². The van der Waals surface area contributed by atoms with Crippen LogP contribution in [0.15, 0.2) is 41.7 Å². The zero-order chi connectivity index (χ0) is 22.0. The van der Waals surface area contributed by atoms with Crippen LogP contribution < -0.4 is 15.1 Å². The second-order valence-electron chi connectivity index (χ2n) is 7.87. The number of fused-ring (bicyclic) bond motifs is 1. The first-order valence-electron chi connectivity index (χ1n) is 10.7. The summed E-state index contributed by atoms with van der Waals surface area (Å²) in [4.78, 5) is 23.0. The van der Waals surface area contributed by atoms with Crippen molar-refractivity contribution in [2.75, 3.05) is 60.6 Å². The molecule has 4 heterocycles. The first-order valence-corrected chi connectivity index (χ1v) is 13.5. The summed E-state index contributed by atoms with van der Waals surface area (Å²) in [7, 11) is -3.00. The van der Waals surface area contributed by atoms with E-state index in [9.17, 15) is 8.42 Å². The number of sulfone groups is 1. The maximum Gasteiger partial charge on any atom is 0.228 e. The number of piperazine rings is 1. The topological polar surface area (TPSA) is 104 Å². The third-order valence-corrected chi connectivity index (χ3v) is 8.34. The number of aromatic nitrogens is 4. The number of rotatable bonds is 5. The van der Waals surface area contributed by atoms with Gasteiger partial charge in [-0.05, 0) is 5.56 Å². The lowest BCUT2D eigenvalue weighted by Crippen LogP contribution is -2.45. The summed E-state index contributed by atoms with van der Waals surface area (Å²) in [5, 5.41) is 4.16. The van der Waals surface area contributed by atoms with Crippen LogP contribution in [0.4, 0.5) is 11.8 Å². The Labute approximate surface area is 191 Å². The van der Waals surface area contributed by atoms with E-state index in [0.29, 0.717) is 30.4 Å². The predicted molar refractivity (Wildman–Crippen MR) is 127 cm³/mol. The summed E-state index contributed by atoms with van der Waals surface area (Å²) >= 11 is 1.63. The largest absolute Gasteiger partial charge is 0.353 e. The number of nitrogens with zero attached hydrogens (tertiary/aromatic N) is 6. The van der Waals surface area contributed by atoms with Gasteiger partial charge in [0.25, 0.3) is 0 Å². The Hall–Kier alpha value is -2.50. The van der Waals surface area contributed by atoms with Crippen molar-refractivity contribution < 1.29 is 8.42 Å². The van der Waals surface area contributed by atoms with Crippen molar-refractivity contribution >= 4 is 44.4 Å². The molecule has 2 aliphatic heterocycles. The van der Waals surface area contributed by atoms with Crippen molar-refractivity contribution in [2.45, 2.75) is 10.8 Å². The molecule has 2 saturated heterocycles. The van der Waals surface area contributed by atoms with Gasteiger partial charge in [-0.15, -0.1) is 0 Å². The van der Waals surface area contributed by atoms with Crippen LogP contribution >= 0.6 is 11.8 Å². The van der Waals surface area contributed by atoms with Crippen molar-refractivity contribution in [3.63, 3.8) is 0 Å². The summed E-state index contributed by atoms with van der Waals surface area (Å²) < 4.78 is 24.0. The Morgan fingerprint density at radius 3 is 2.41 bits per heavy atom. The lowest BCUT2D eigenvalue weighted by molar-refractivity contribution is 0.578. The molecule has 0 atom stereocenters. The molecule has 2 fully saturated rings. The average Bonchev–Trinajstić information content (AvgIpc) is 2.83. The first-order chi connectivity index (χ1) is 15.6. The van der Waals surface area contributed by atoms with E-state index in [2.05, 4.69) is 32.3 Å². The molecule has 0 spiro atoms. The van der Waals surface area contributed by atoms with E-state index in [4.69, 9.17) is 9.97 Å². The Kier molecular flexibility index (Phi) is 6.11. The normalized spacial score (nSPS) is 18.8. The van der Waals surface area contributed by atoms with Gasteiger partial charge in [0, 0.05) is 45.0 Å². The van der Waals surface area contributed by atoms with Crippen molar-refractivity contribution in [2.24, 2.45) is 0 Å². The molecule has 1 aromatic carbocycles. The molecule has 2 aliphatic rings. The van der Waals surface area contributed by atoms with Crippen LogP contribution in [0.5, 0.6) is 0 Å². The summed E-state index contributed by atoms with van der Waals surface area (Å²) in [6.07, 6.45) is 1.55. The van der Waals surface area contributed by atoms with E-state index in [1.807, 2.05) is 23.1 Å². The van der Waals surface area contributed by atoms with E-state index >= 15 is 0 Å². The summed E-state index contributed by atoms with van der Waals surface area (Å²) in [5.74, 6) is 2.38. The monoisotopic (exact) mass is 471 g/mol. The van der Waals surface area contributed by atoms with Crippen molar-refractivity contribution in [3.05, 3.63) is 42.2 Å².